The first kappa shape index (κ1) is 18.5. The zero-order chi connectivity index (χ0) is 15.8. The molecule has 0 aromatic heterocycles. The van der Waals surface area contributed by atoms with E-state index in [0.717, 1.165) is 0 Å². The van der Waals surface area contributed by atoms with Crippen LogP contribution in [0.4, 0.5) is 0 Å². The van der Waals surface area contributed by atoms with Gasteiger partial charge in [0.05, 0.1) is 33.0 Å². The van der Waals surface area contributed by atoms with Gasteiger partial charge in [-0.05, 0) is 13.3 Å². The summed E-state index contributed by atoms with van der Waals surface area (Å²) in [6.07, 6.45) is 0.675. The molecule has 0 saturated carbocycles. The SMILES string of the molecule is COCC(C)(COC)C(=O)OCCOP1(=O)OCCCO1. The van der Waals surface area contributed by atoms with E-state index in [2.05, 4.69) is 0 Å². The quantitative estimate of drug-likeness (QED) is 0.357. The molecule has 1 saturated heterocycles. The van der Waals surface area contributed by atoms with Crippen molar-refractivity contribution in [3.05, 3.63) is 0 Å². The first-order valence-corrected chi connectivity index (χ1v) is 8.10. The maximum atomic E-state index is 12.0. The number of carbonyl (C=O) groups excluding carboxylic acids is 1. The van der Waals surface area contributed by atoms with Gasteiger partial charge in [-0.3, -0.25) is 18.4 Å². The summed E-state index contributed by atoms with van der Waals surface area (Å²) in [7, 11) is -0.493. The van der Waals surface area contributed by atoms with Gasteiger partial charge in [0.15, 0.2) is 0 Å². The summed E-state index contributed by atoms with van der Waals surface area (Å²) in [4.78, 5) is 12.0. The minimum Gasteiger partial charge on any atom is -0.463 e. The van der Waals surface area contributed by atoms with Crippen molar-refractivity contribution in [2.45, 2.75) is 13.3 Å². The average Bonchev–Trinajstić information content (AvgIpc) is 2.44. The molecule has 8 nitrogen and oxygen atoms in total. The highest BCUT2D eigenvalue weighted by Crippen LogP contribution is 2.51. The monoisotopic (exact) mass is 326 g/mol. The maximum Gasteiger partial charge on any atom is 0.474 e. The van der Waals surface area contributed by atoms with Crippen molar-refractivity contribution >= 4 is 13.8 Å². The Balaban J connectivity index is 2.33. The van der Waals surface area contributed by atoms with Crippen LogP contribution in [-0.4, -0.2) is 59.8 Å². The Morgan fingerprint density at radius 2 is 1.71 bits per heavy atom. The van der Waals surface area contributed by atoms with E-state index in [4.69, 9.17) is 27.8 Å². The summed E-state index contributed by atoms with van der Waals surface area (Å²) in [6.45, 7) is 2.56. The molecular formula is C12H23O8P. The molecule has 1 heterocycles. The molecule has 1 aliphatic heterocycles. The lowest BCUT2D eigenvalue weighted by atomic mass is 9.93. The highest BCUT2D eigenvalue weighted by atomic mass is 31.2. The predicted octanol–water partition coefficient (Wildman–Crippen LogP) is 1.39. The second-order valence-electron chi connectivity index (χ2n) is 4.86. The van der Waals surface area contributed by atoms with Crippen LogP contribution in [0.5, 0.6) is 0 Å². The zero-order valence-electron chi connectivity index (χ0n) is 12.7. The Bertz CT molecular complexity index is 356. The van der Waals surface area contributed by atoms with Crippen LogP contribution in [0.3, 0.4) is 0 Å². The van der Waals surface area contributed by atoms with Crippen LogP contribution < -0.4 is 0 Å². The number of phosphoric acid groups is 1. The van der Waals surface area contributed by atoms with E-state index in [0.29, 0.717) is 19.6 Å². The number of rotatable bonds is 9. The van der Waals surface area contributed by atoms with Gasteiger partial charge >= 0.3 is 13.8 Å². The van der Waals surface area contributed by atoms with Crippen molar-refractivity contribution in [1.29, 1.82) is 0 Å². The second-order valence-corrected chi connectivity index (χ2v) is 6.53. The molecule has 0 unspecified atom stereocenters. The summed E-state index contributed by atoms with van der Waals surface area (Å²) in [5.74, 6) is -0.474. The van der Waals surface area contributed by atoms with Crippen LogP contribution in [-0.2, 0) is 37.1 Å². The summed E-state index contributed by atoms with van der Waals surface area (Å²) >= 11 is 0. The predicted molar refractivity (Wildman–Crippen MR) is 72.9 cm³/mol. The highest BCUT2D eigenvalue weighted by Gasteiger charge is 2.35. The fourth-order valence-electron chi connectivity index (χ4n) is 1.78. The van der Waals surface area contributed by atoms with Gasteiger partial charge in [0.25, 0.3) is 0 Å². The number of carbonyl (C=O) groups is 1. The average molecular weight is 326 g/mol. The molecule has 0 aliphatic carbocycles. The van der Waals surface area contributed by atoms with Gasteiger partial charge in [-0.15, -0.1) is 0 Å². The van der Waals surface area contributed by atoms with E-state index in [9.17, 15) is 9.36 Å². The smallest absolute Gasteiger partial charge is 0.463 e. The van der Waals surface area contributed by atoms with Gasteiger partial charge in [0.1, 0.15) is 12.0 Å². The third-order valence-corrected chi connectivity index (χ3v) is 4.27. The van der Waals surface area contributed by atoms with Gasteiger partial charge in [-0.2, -0.15) is 0 Å². The van der Waals surface area contributed by atoms with Crippen molar-refractivity contribution in [2.24, 2.45) is 5.41 Å². The van der Waals surface area contributed by atoms with Gasteiger partial charge in [0.2, 0.25) is 0 Å². The number of esters is 1. The standard InChI is InChI=1S/C12H23O8P/c1-12(9-15-2,10-16-3)11(13)17-7-8-20-21(14)18-5-4-6-19-21/h4-10H2,1-3H3. The lowest BCUT2D eigenvalue weighted by Gasteiger charge is -2.26. The third-order valence-electron chi connectivity index (χ3n) is 2.77. The number of phosphoric ester groups is 1. The largest absolute Gasteiger partial charge is 0.474 e. The Hall–Kier alpha value is -0.500. The Morgan fingerprint density at radius 3 is 2.24 bits per heavy atom. The number of ether oxygens (including phenoxy) is 3. The lowest BCUT2D eigenvalue weighted by molar-refractivity contribution is -0.162. The Kier molecular flexibility index (Phi) is 7.79. The first-order chi connectivity index (χ1) is 9.96. The fourth-order valence-corrected chi connectivity index (χ4v) is 3.00. The van der Waals surface area contributed by atoms with Crippen LogP contribution >= 0.6 is 7.82 Å². The van der Waals surface area contributed by atoms with Crippen LogP contribution in [0.1, 0.15) is 13.3 Å². The van der Waals surface area contributed by atoms with Crippen LogP contribution in [0, 0.1) is 5.41 Å². The van der Waals surface area contributed by atoms with Gasteiger partial charge in [-0.25, -0.2) is 4.57 Å². The third kappa shape index (κ3) is 6.02. The molecule has 1 fully saturated rings. The zero-order valence-corrected chi connectivity index (χ0v) is 13.6. The minimum absolute atomic E-state index is 0.0570. The van der Waals surface area contributed by atoms with Crippen molar-refractivity contribution in [2.75, 3.05) is 53.9 Å². The van der Waals surface area contributed by atoms with Gasteiger partial charge in [-0.1, -0.05) is 0 Å². The number of hydrogen-bond donors (Lipinski definition) is 0. The molecule has 0 bridgehead atoms. The molecule has 1 rings (SSSR count). The molecule has 1 aliphatic rings. The molecule has 124 valence electrons. The van der Waals surface area contributed by atoms with Crippen LogP contribution in [0.2, 0.25) is 0 Å². The first-order valence-electron chi connectivity index (χ1n) is 6.64. The summed E-state index contributed by atoms with van der Waals surface area (Å²) in [5, 5.41) is 0. The number of methoxy groups -OCH3 is 2. The highest BCUT2D eigenvalue weighted by molar-refractivity contribution is 7.48. The van der Waals surface area contributed by atoms with E-state index in [1.807, 2.05) is 0 Å². The molecule has 21 heavy (non-hydrogen) atoms. The molecule has 0 aromatic carbocycles. The van der Waals surface area contributed by atoms with E-state index < -0.39 is 19.2 Å². The van der Waals surface area contributed by atoms with Gasteiger partial charge in [0, 0.05) is 14.2 Å². The molecule has 0 N–H and O–H groups in total. The number of hydrogen-bond acceptors (Lipinski definition) is 8. The van der Waals surface area contributed by atoms with E-state index in [1.165, 1.54) is 14.2 Å². The van der Waals surface area contributed by atoms with Crippen molar-refractivity contribution in [1.82, 2.24) is 0 Å². The van der Waals surface area contributed by atoms with E-state index in [1.54, 1.807) is 6.92 Å². The molecule has 9 heteroatoms. The van der Waals surface area contributed by atoms with Crippen LogP contribution in [0.15, 0.2) is 0 Å². The van der Waals surface area contributed by atoms with Crippen LogP contribution in [0.25, 0.3) is 0 Å². The van der Waals surface area contributed by atoms with Crippen molar-refractivity contribution in [3.63, 3.8) is 0 Å². The Labute approximate surface area is 124 Å². The maximum absolute atomic E-state index is 12.0. The van der Waals surface area contributed by atoms with Crippen molar-refractivity contribution in [3.8, 4) is 0 Å². The molecule has 0 amide bonds. The summed E-state index contributed by atoms with van der Waals surface area (Å²) in [5.41, 5.74) is -0.897. The Morgan fingerprint density at radius 1 is 1.14 bits per heavy atom. The summed E-state index contributed by atoms with van der Waals surface area (Å²) in [6, 6.07) is 0. The summed E-state index contributed by atoms with van der Waals surface area (Å²) < 4.78 is 41.8. The molecule has 0 spiro atoms. The molecular weight excluding hydrogens is 303 g/mol. The van der Waals surface area contributed by atoms with E-state index in [-0.39, 0.29) is 26.4 Å². The minimum atomic E-state index is -3.48. The molecule has 0 radical (unpaired) electrons. The fraction of sp³-hybridized carbons (Fsp3) is 0.917. The topological polar surface area (TPSA) is 89.5 Å². The lowest BCUT2D eigenvalue weighted by Crippen LogP contribution is -2.39. The van der Waals surface area contributed by atoms with E-state index >= 15 is 0 Å². The van der Waals surface area contributed by atoms with Gasteiger partial charge < -0.3 is 14.2 Å². The molecule has 0 atom stereocenters. The molecule has 0 aromatic rings. The normalized spacial score (nSPS) is 18.4. The second kappa shape index (κ2) is 8.82. The van der Waals surface area contributed by atoms with Crippen molar-refractivity contribution < 1.29 is 37.1 Å².